The minimum atomic E-state index is 0.198. The minimum Gasteiger partial charge on any atom is -0.336 e. The first-order valence-corrected chi connectivity index (χ1v) is 5.38. The molecule has 0 aliphatic carbocycles. The fourth-order valence-electron chi connectivity index (χ4n) is 1.58. The van der Waals surface area contributed by atoms with Gasteiger partial charge in [-0.1, -0.05) is 13.8 Å². The maximum Gasteiger partial charge on any atom is 0.0946 e. The van der Waals surface area contributed by atoms with Crippen LogP contribution in [0.2, 0.25) is 0 Å². The summed E-state index contributed by atoms with van der Waals surface area (Å²) in [6, 6.07) is 0. The van der Waals surface area contributed by atoms with Crippen LogP contribution < -0.4 is 5.73 Å². The average molecular weight is 210 g/mol. The zero-order valence-electron chi connectivity index (χ0n) is 9.98. The van der Waals surface area contributed by atoms with Crippen molar-refractivity contribution < 1.29 is 0 Å². The van der Waals surface area contributed by atoms with E-state index in [0.717, 1.165) is 26.2 Å². The predicted octanol–water partition coefficient (Wildman–Crippen LogP) is 0.800. The fraction of sp³-hybridized carbons (Fsp3) is 0.727. The van der Waals surface area contributed by atoms with E-state index in [0.29, 0.717) is 0 Å². The lowest BCUT2D eigenvalue weighted by Crippen LogP contribution is -2.37. The molecule has 1 rings (SSSR count). The van der Waals surface area contributed by atoms with E-state index in [1.165, 1.54) is 0 Å². The average Bonchev–Trinajstić information content (AvgIpc) is 2.66. The molecule has 1 aromatic rings. The Morgan fingerprint density at radius 2 is 2.20 bits per heavy atom. The van der Waals surface area contributed by atoms with Gasteiger partial charge in [0.15, 0.2) is 0 Å². The van der Waals surface area contributed by atoms with Crippen LogP contribution >= 0.6 is 0 Å². The highest BCUT2D eigenvalue weighted by molar-refractivity contribution is 4.76. The number of likely N-dealkylation sites (N-methyl/N-ethyl adjacent to an activating group) is 1. The highest BCUT2D eigenvalue weighted by Gasteiger charge is 2.17. The summed E-state index contributed by atoms with van der Waals surface area (Å²) in [5.41, 5.74) is 5.90. The highest BCUT2D eigenvalue weighted by atomic mass is 15.1. The molecule has 0 atom stereocenters. The van der Waals surface area contributed by atoms with Crippen molar-refractivity contribution >= 4 is 0 Å². The molecule has 0 aromatic carbocycles. The zero-order valence-corrected chi connectivity index (χ0v) is 9.98. The highest BCUT2D eigenvalue weighted by Crippen LogP contribution is 2.13. The monoisotopic (exact) mass is 210 g/mol. The Kier molecular flexibility index (Phi) is 4.29. The second-order valence-corrected chi connectivity index (χ2v) is 4.91. The summed E-state index contributed by atoms with van der Waals surface area (Å²) < 4.78 is 2.09. The second kappa shape index (κ2) is 5.28. The molecule has 1 aromatic heterocycles. The van der Waals surface area contributed by atoms with Crippen molar-refractivity contribution in [2.75, 3.05) is 26.7 Å². The summed E-state index contributed by atoms with van der Waals surface area (Å²) in [5, 5.41) is 0. The number of nitrogens with zero attached hydrogens (tertiary/aromatic N) is 3. The van der Waals surface area contributed by atoms with Crippen LogP contribution in [-0.2, 0) is 6.54 Å². The van der Waals surface area contributed by atoms with Gasteiger partial charge in [0.25, 0.3) is 0 Å². The van der Waals surface area contributed by atoms with Crippen LogP contribution in [0, 0.1) is 5.41 Å². The smallest absolute Gasteiger partial charge is 0.0946 e. The number of imidazole rings is 1. The number of nitrogens with two attached hydrogens (primary N) is 1. The number of aromatic nitrogens is 2. The molecule has 0 aliphatic heterocycles. The molecule has 0 radical (unpaired) electrons. The fourth-order valence-corrected chi connectivity index (χ4v) is 1.58. The van der Waals surface area contributed by atoms with E-state index in [4.69, 9.17) is 5.73 Å². The van der Waals surface area contributed by atoms with Crippen LogP contribution in [-0.4, -0.2) is 41.1 Å². The van der Waals surface area contributed by atoms with Crippen molar-refractivity contribution in [3.8, 4) is 0 Å². The summed E-state index contributed by atoms with van der Waals surface area (Å²) in [6.07, 6.45) is 5.65. The Bertz CT molecular complexity index is 266. The Balaban J connectivity index is 2.27. The Morgan fingerprint density at radius 1 is 1.47 bits per heavy atom. The second-order valence-electron chi connectivity index (χ2n) is 4.91. The maximum absolute atomic E-state index is 5.70. The van der Waals surface area contributed by atoms with Gasteiger partial charge in [-0.25, -0.2) is 4.98 Å². The molecule has 0 amide bonds. The number of rotatable bonds is 6. The third kappa shape index (κ3) is 4.44. The van der Waals surface area contributed by atoms with Crippen LogP contribution in [0.4, 0.5) is 0 Å². The van der Waals surface area contributed by atoms with E-state index < -0.39 is 0 Å². The normalized spacial score (nSPS) is 12.3. The molecule has 86 valence electrons. The lowest BCUT2D eigenvalue weighted by Gasteiger charge is -2.28. The SMILES string of the molecule is CN(CCn1ccnc1)CC(C)(C)CN. The molecular formula is C11H22N4. The molecule has 0 spiro atoms. The van der Waals surface area contributed by atoms with Gasteiger partial charge in [-0.3, -0.25) is 0 Å². The third-order valence-electron chi connectivity index (χ3n) is 2.55. The van der Waals surface area contributed by atoms with Crippen molar-refractivity contribution in [2.45, 2.75) is 20.4 Å². The molecule has 4 heteroatoms. The molecule has 15 heavy (non-hydrogen) atoms. The van der Waals surface area contributed by atoms with Gasteiger partial charge in [-0.15, -0.1) is 0 Å². The molecule has 1 heterocycles. The molecule has 0 saturated heterocycles. The zero-order chi connectivity index (χ0) is 11.3. The van der Waals surface area contributed by atoms with Gasteiger partial charge in [0.05, 0.1) is 6.33 Å². The third-order valence-corrected chi connectivity index (χ3v) is 2.55. The van der Waals surface area contributed by atoms with Crippen LogP contribution in [0.5, 0.6) is 0 Å². The van der Waals surface area contributed by atoms with Crippen LogP contribution in [0.15, 0.2) is 18.7 Å². The van der Waals surface area contributed by atoms with Gasteiger partial charge in [-0.05, 0) is 19.0 Å². The van der Waals surface area contributed by atoms with E-state index in [1.54, 1.807) is 0 Å². The predicted molar refractivity (Wildman–Crippen MR) is 62.6 cm³/mol. The Labute approximate surface area is 92.1 Å². The van der Waals surface area contributed by atoms with Gasteiger partial charge >= 0.3 is 0 Å². The molecule has 0 aliphatic rings. The van der Waals surface area contributed by atoms with E-state index in [2.05, 4.69) is 35.3 Å². The molecule has 0 bridgehead atoms. The summed E-state index contributed by atoms with van der Waals surface area (Å²) in [6.45, 7) is 8.15. The van der Waals surface area contributed by atoms with Gasteiger partial charge < -0.3 is 15.2 Å². The number of hydrogen-bond donors (Lipinski definition) is 1. The first kappa shape index (κ1) is 12.2. The van der Waals surface area contributed by atoms with Gasteiger partial charge in [0, 0.05) is 32.0 Å². The first-order chi connectivity index (χ1) is 7.03. The van der Waals surface area contributed by atoms with E-state index in [9.17, 15) is 0 Å². The Hall–Kier alpha value is -0.870. The lowest BCUT2D eigenvalue weighted by molar-refractivity contribution is 0.210. The summed E-state index contributed by atoms with van der Waals surface area (Å²) in [5.74, 6) is 0. The largest absolute Gasteiger partial charge is 0.336 e. The van der Waals surface area contributed by atoms with E-state index >= 15 is 0 Å². The standard InChI is InChI=1S/C11H22N4/c1-11(2,8-12)9-14(3)6-7-15-5-4-13-10-15/h4-5,10H,6-9,12H2,1-3H3. The number of hydrogen-bond acceptors (Lipinski definition) is 3. The Morgan fingerprint density at radius 3 is 2.73 bits per heavy atom. The quantitative estimate of drug-likeness (QED) is 0.755. The molecule has 0 saturated carbocycles. The molecule has 0 unspecified atom stereocenters. The van der Waals surface area contributed by atoms with Gasteiger partial charge in [0.1, 0.15) is 0 Å². The summed E-state index contributed by atoms with van der Waals surface area (Å²) in [4.78, 5) is 6.33. The van der Waals surface area contributed by atoms with Crippen molar-refractivity contribution in [3.05, 3.63) is 18.7 Å². The van der Waals surface area contributed by atoms with Crippen molar-refractivity contribution in [1.29, 1.82) is 0 Å². The lowest BCUT2D eigenvalue weighted by atomic mass is 9.93. The van der Waals surface area contributed by atoms with Crippen molar-refractivity contribution in [2.24, 2.45) is 11.1 Å². The van der Waals surface area contributed by atoms with Crippen molar-refractivity contribution in [1.82, 2.24) is 14.5 Å². The van der Waals surface area contributed by atoms with Gasteiger partial charge in [-0.2, -0.15) is 0 Å². The van der Waals surface area contributed by atoms with Crippen LogP contribution in [0.1, 0.15) is 13.8 Å². The van der Waals surface area contributed by atoms with E-state index in [-0.39, 0.29) is 5.41 Å². The summed E-state index contributed by atoms with van der Waals surface area (Å²) >= 11 is 0. The molecule has 4 nitrogen and oxygen atoms in total. The van der Waals surface area contributed by atoms with Crippen molar-refractivity contribution in [3.63, 3.8) is 0 Å². The molecular weight excluding hydrogens is 188 g/mol. The summed E-state index contributed by atoms with van der Waals surface area (Å²) in [7, 11) is 2.13. The topological polar surface area (TPSA) is 47.1 Å². The first-order valence-electron chi connectivity index (χ1n) is 5.38. The van der Waals surface area contributed by atoms with Gasteiger partial charge in [0.2, 0.25) is 0 Å². The minimum absolute atomic E-state index is 0.198. The van der Waals surface area contributed by atoms with Crippen LogP contribution in [0.25, 0.3) is 0 Å². The van der Waals surface area contributed by atoms with Crippen LogP contribution in [0.3, 0.4) is 0 Å². The molecule has 0 fully saturated rings. The molecule has 2 N–H and O–H groups in total. The van der Waals surface area contributed by atoms with E-state index in [1.807, 2.05) is 18.7 Å². The maximum atomic E-state index is 5.70.